The number of hydrogen-bond acceptors (Lipinski definition) is 4. The SMILES string of the molecule is CCCc1nc(CN2C(C)CCCC2C)sc1C(=O)O. The van der Waals surface area contributed by atoms with Crippen molar-refractivity contribution in [3.05, 3.63) is 15.6 Å². The summed E-state index contributed by atoms with van der Waals surface area (Å²) in [4.78, 5) is 18.8. The standard InChI is InChI=1S/C15H24N2O2S/c1-4-6-12-14(15(18)19)20-13(16-12)9-17-10(2)7-5-8-11(17)3/h10-11H,4-9H2,1-3H3,(H,18,19). The van der Waals surface area contributed by atoms with Gasteiger partial charge in [-0.1, -0.05) is 19.8 Å². The van der Waals surface area contributed by atoms with Crippen LogP contribution in [0.25, 0.3) is 0 Å². The van der Waals surface area contributed by atoms with E-state index in [1.807, 2.05) is 0 Å². The van der Waals surface area contributed by atoms with Gasteiger partial charge in [0.15, 0.2) is 0 Å². The van der Waals surface area contributed by atoms with Gasteiger partial charge in [-0.2, -0.15) is 0 Å². The lowest BCUT2D eigenvalue weighted by molar-refractivity contribution is 0.0700. The zero-order chi connectivity index (χ0) is 14.7. The van der Waals surface area contributed by atoms with Crippen LogP contribution >= 0.6 is 11.3 Å². The smallest absolute Gasteiger partial charge is 0.347 e. The summed E-state index contributed by atoms with van der Waals surface area (Å²) >= 11 is 1.35. The number of nitrogens with zero attached hydrogens (tertiary/aromatic N) is 2. The number of piperidine rings is 1. The average Bonchev–Trinajstić information content (AvgIpc) is 2.78. The second kappa shape index (κ2) is 6.68. The van der Waals surface area contributed by atoms with E-state index >= 15 is 0 Å². The third-order valence-corrected chi connectivity index (χ3v) is 5.19. The Hall–Kier alpha value is -0.940. The predicted octanol–water partition coefficient (Wildman–Crippen LogP) is 3.56. The lowest BCUT2D eigenvalue weighted by Gasteiger charge is -2.38. The molecule has 0 saturated carbocycles. The molecule has 1 fully saturated rings. The van der Waals surface area contributed by atoms with Crippen LogP contribution in [0.2, 0.25) is 0 Å². The van der Waals surface area contributed by atoms with E-state index in [0.717, 1.165) is 30.1 Å². The van der Waals surface area contributed by atoms with Crippen molar-refractivity contribution in [2.45, 2.75) is 71.5 Å². The van der Waals surface area contributed by atoms with Crippen LogP contribution in [-0.2, 0) is 13.0 Å². The van der Waals surface area contributed by atoms with Gasteiger partial charge in [0.05, 0.1) is 12.2 Å². The highest BCUT2D eigenvalue weighted by Gasteiger charge is 2.26. The number of carboxylic acid groups (broad SMARTS) is 1. The van der Waals surface area contributed by atoms with Crippen LogP contribution in [0, 0.1) is 0 Å². The summed E-state index contributed by atoms with van der Waals surface area (Å²) in [6, 6.07) is 1.12. The van der Waals surface area contributed by atoms with Gasteiger partial charge >= 0.3 is 5.97 Å². The van der Waals surface area contributed by atoms with Crippen LogP contribution in [0.1, 0.15) is 66.8 Å². The molecule has 4 nitrogen and oxygen atoms in total. The molecular formula is C15H24N2O2S. The van der Waals surface area contributed by atoms with Gasteiger partial charge in [0.1, 0.15) is 9.88 Å². The molecule has 0 spiro atoms. The molecule has 112 valence electrons. The van der Waals surface area contributed by atoms with Crippen molar-refractivity contribution >= 4 is 17.3 Å². The highest BCUT2D eigenvalue weighted by Crippen LogP contribution is 2.27. The minimum absolute atomic E-state index is 0.430. The zero-order valence-electron chi connectivity index (χ0n) is 12.6. The van der Waals surface area contributed by atoms with Gasteiger partial charge in [-0.3, -0.25) is 4.90 Å². The van der Waals surface area contributed by atoms with E-state index in [-0.39, 0.29) is 0 Å². The number of carboxylic acids is 1. The number of aromatic nitrogens is 1. The van der Waals surface area contributed by atoms with E-state index in [4.69, 9.17) is 0 Å². The molecule has 0 aliphatic carbocycles. The summed E-state index contributed by atoms with van der Waals surface area (Å²) in [6.07, 6.45) is 5.42. The van der Waals surface area contributed by atoms with Gasteiger partial charge in [-0.15, -0.1) is 11.3 Å². The second-order valence-corrected chi connectivity index (χ2v) is 6.82. The number of hydrogen-bond donors (Lipinski definition) is 1. The number of thiazole rings is 1. The molecule has 5 heteroatoms. The molecule has 0 radical (unpaired) electrons. The topological polar surface area (TPSA) is 53.4 Å². The minimum Gasteiger partial charge on any atom is -0.477 e. The number of likely N-dealkylation sites (tertiary alicyclic amines) is 1. The number of aromatic carboxylic acids is 1. The predicted molar refractivity (Wildman–Crippen MR) is 81.4 cm³/mol. The van der Waals surface area contributed by atoms with Crippen LogP contribution in [0.3, 0.4) is 0 Å². The van der Waals surface area contributed by atoms with Crippen LogP contribution in [-0.4, -0.2) is 33.0 Å². The quantitative estimate of drug-likeness (QED) is 0.902. The van der Waals surface area contributed by atoms with E-state index in [1.54, 1.807) is 0 Å². The van der Waals surface area contributed by atoms with Gasteiger partial charge in [-0.05, 0) is 33.1 Å². The van der Waals surface area contributed by atoms with Crippen molar-refractivity contribution in [3.8, 4) is 0 Å². The Labute approximate surface area is 124 Å². The van der Waals surface area contributed by atoms with E-state index in [1.165, 1.54) is 30.6 Å². The lowest BCUT2D eigenvalue weighted by atomic mass is 9.98. The Morgan fingerprint density at radius 3 is 2.60 bits per heavy atom. The third-order valence-electron chi connectivity index (χ3n) is 4.12. The maximum Gasteiger partial charge on any atom is 0.347 e. The van der Waals surface area contributed by atoms with E-state index in [2.05, 4.69) is 30.7 Å². The maximum absolute atomic E-state index is 11.3. The third kappa shape index (κ3) is 3.38. The van der Waals surface area contributed by atoms with Crippen LogP contribution in [0.15, 0.2) is 0 Å². The Balaban J connectivity index is 2.16. The van der Waals surface area contributed by atoms with Crippen LogP contribution in [0.5, 0.6) is 0 Å². The van der Waals surface area contributed by atoms with Crippen molar-refractivity contribution in [3.63, 3.8) is 0 Å². The summed E-state index contributed by atoms with van der Waals surface area (Å²) in [5.41, 5.74) is 0.761. The first-order valence-electron chi connectivity index (χ1n) is 7.50. The maximum atomic E-state index is 11.3. The first-order valence-corrected chi connectivity index (χ1v) is 8.32. The monoisotopic (exact) mass is 296 g/mol. The van der Waals surface area contributed by atoms with Gasteiger partial charge < -0.3 is 5.11 Å². The number of aryl methyl sites for hydroxylation is 1. The molecule has 1 N–H and O–H groups in total. The van der Waals surface area contributed by atoms with E-state index < -0.39 is 5.97 Å². The second-order valence-electron chi connectivity index (χ2n) is 5.74. The summed E-state index contributed by atoms with van der Waals surface area (Å²) in [5, 5.41) is 10.2. The van der Waals surface area contributed by atoms with Crippen LogP contribution < -0.4 is 0 Å². The van der Waals surface area contributed by atoms with E-state index in [9.17, 15) is 9.90 Å². The molecule has 20 heavy (non-hydrogen) atoms. The Bertz CT molecular complexity index is 462. The first-order chi connectivity index (χ1) is 9.52. The normalized spacial score (nSPS) is 23.9. The molecule has 0 amide bonds. The summed E-state index contributed by atoms with van der Waals surface area (Å²) in [7, 11) is 0. The van der Waals surface area contributed by atoms with Crippen molar-refractivity contribution in [2.24, 2.45) is 0 Å². The molecule has 1 aromatic heterocycles. The number of carbonyl (C=O) groups is 1. The molecule has 2 rings (SSSR count). The number of rotatable bonds is 5. The molecule has 0 aromatic carbocycles. The molecule has 2 heterocycles. The molecular weight excluding hydrogens is 272 g/mol. The molecule has 1 aliphatic heterocycles. The van der Waals surface area contributed by atoms with Crippen molar-refractivity contribution in [1.82, 2.24) is 9.88 Å². The fourth-order valence-electron chi connectivity index (χ4n) is 2.98. The fraction of sp³-hybridized carbons (Fsp3) is 0.733. The Morgan fingerprint density at radius 2 is 2.05 bits per heavy atom. The summed E-state index contributed by atoms with van der Waals surface area (Å²) < 4.78 is 0. The summed E-state index contributed by atoms with van der Waals surface area (Å²) in [6.45, 7) is 7.36. The molecule has 2 atom stereocenters. The van der Waals surface area contributed by atoms with Gasteiger partial charge in [0.2, 0.25) is 0 Å². The molecule has 1 aromatic rings. The van der Waals surface area contributed by atoms with Crippen molar-refractivity contribution in [2.75, 3.05) is 0 Å². The molecule has 1 saturated heterocycles. The highest BCUT2D eigenvalue weighted by molar-refractivity contribution is 7.13. The van der Waals surface area contributed by atoms with Gasteiger partial charge in [0.25, 0.3) is 0 Å². The lowest BCUT2D eigenvalue weighted by Crippen LogP contribution is -2.42. The summed E-state index contributed by atoms with van der Waals surface area (Å²) in [5.74, 6) is -0.836. The fourth-order valence-corrected chi connectivity index (χ4v) is 3.94. The molecule has 2 unspecified atom stereocenters. The first kappa shape index (κ1) is 15.4. The minimum atomic E-state index is -0.836. The Kier molecular flexibility index (Phi) is 5.16. The Morgan fingerprint density at radius 1 is 1.40 bits per heavy atom. The van der Waals surface area contributed by atoms with Gasteiger partial charge in [0, 0.05) is 12.1 Å². The molecule has 0 bridgehead atoms. The van der Waals surface area contributed by atoms with Gasteiger partial charge in [-0.25, -0.2) is 9.78 Å². The van der Waals surface area contributed by atoms with Crippen LogP contribution in [0.4, 0.5) is 0 Å². The van der Waals surface area contributed by atoms with E-state index in [0.29, 0.717) is 17.0 Å². The zero-order valence-corrected chi connectivity index (χ0v) is 13.4. The largest absolute Gasteiger partial charge is 0.477 e. The molecule has 1 aliphatic rings. The highest BCUT2D eigenvalue weighted by atomic mass is 32.1. The average molecular weight is 296 g/mol. The van der Waals surface area contributed by atoms with Crippen molar-refractivity contribution < 1.29 is 9.90 Å². The van der Waals surface area contributed by atoms with Crippen molar-refractivity contribution in [1.29, 1.82) is 0 Å².